The standard InChI is InChI=1S/C15H26O2/c1-3-5-7-9-12-13(10-8-6-4-2)15(17)11-14(12)16/h14,16H,3-11H2,1-2H3. The van der Waals surface area contributed by atoms with Gasteiger partial charge in [-0.25, -0.2) is 0 Å². The number of hydrogen-bond acceptors (Lipinski definition) is 2. The van der Waals surface area contributed by atoms with Gasteiger partial charge < -0.3 is 5.11 Å². The van der Waals surface area contributed by atoms with Crippen molar-refractivity contribution in [3.8, 4) is 0 Å². The second-order valence-corrected chi connectivity index (χ2v) is 5.06. The number of aliphatic hydroxyl groups is 1. The zero-order chi connectivity index (χ0) is 12.7. The Morgan fingerprint density at radius 1 is 1.06 bits per heavy atom. The van der Waals surface area contributed by atoms with Crippen molar-refractivity contribution in [1.82, 2.24) is 0 Å². The Balaban J connectivity index is 2.57. The van der Waals surface area contributed by atoms with Gasteiger partial charge in [-0.3, -0.25) is 4.79 Å². The average Bonchev–Trinajstić information content (AvgIpc) is 2.56. The Bertz CT molecular complexity index is 279. The van der Waals surface area contributed by atoms with E-state index in [1.807, 2.05) is 0 Å². The second-order valence-electron chi connectivity index (χ2n) is 5.06. The number of allylic oxidation sites excluding steroid dienone is 1. The molecule has 98 valence electrons. The first kappa shape index (κ1) is 14.4. The fourth-order valence-electron chi connectivity index (χ4n) is 2.54. The molecule has 0 amide bonds. The van der Waals surface area contributed by atoms with Gasteiger partial charge in [0.05, 0.1) is 6.10 Å². The number of Topliss-reactive ketones (excluding diaryl/α,β-unsaturated/α-hetero) is 1. The third-order valence-electron chi connectivity index (χ3n) is 3.59. The van der Waals surface area contributed by atoms with E-state index in [1.165, 1.54) is 25.7 Å². The molecule has 0 aromatic heterocycles. The Kier molecular flexibility index (Phi) is 6.49. The Morgan fingerprint density at radius 3 is 2.24 bits per heavy atom. The van der Waals surface area contributed by atoms with Crippen LogP contribution in [0.1, 0.15) is 71.6 Å². The highest BCUT2D eigenvalue weighted by Gasteiger charge is 2.29. The first-order valence-corrected chi connectivity index (χ1v) is 7.13. The van der Waals surface area contributed by atoms with Crippen molar-refractivity contribution >= 4 is 5.78 Å². The van der Waals surface area contributed by atoms with Gasteiger partial charge in [0.2, 0.25) is 0 Å². The summed E-state index contributed by atoms with van der Waals surface area (Å²) in [5, 5.41) is 9.91. The monoisotopic (exact) mass is 238 g/mol. The van der Waals surface area contributed by atoms with Crippen LogP contribution in [0.25, 0.3) is 0 Å². The molecule has 1 rings (SSSR count). The van der Waals surface area contributed by atoms with Crippen molar-refractivity contribution in [1.29, 1.82) is 0 Å². The third kappa shape index (κ3) is 4.27. The maximum Gasteiger partial charge on any atom is 0.161 e. The summed E-state index contributed by atoms with van der Waals surface area (Å²) in [5.41, 5.74) is 2.02. The van der Waals surface area contributed by atoms with Crippen molar-refractivity contribution in [2.24, 2.45) is 0 Å². The van der Waals surface area contributed by atoms with Gasteiger partial charge in [0.1, 0.15) is 0 Å². The van der Waals surface area contributed by atoms with Crippen LogP contribution >= 0.6 is 0 Å². The summed E-state index contributed by atoms with van der Waals surface area (Å²) in [6.07, 6.45) is 8.57. The van der Waals surface area contributed by atoms with E-state index in [1.54, 1.807) is 0 Å². The van der Waals surface area contributed by atoms with Gasteiger partial charge in [0, 0.05) is 6.42 Å². The molecule has 1 aliphatic carbocycles. The lowest BCUT2D eigenvalue weighted by molar-refractivity contribution is -0.116. The molecule has 2 heteroatoms. The molecule has 1 atom stereocenters. The van der Waals surface area contributed by atoms with Crippen LogP contribution in [0, 0.1) is 0 Å². The SMILES string of the molecule is CCCCCC1=C(CCCCC)C(O)CC1=O. The van der Waals surface area contributed by atoms with Crippen molar-refractivity contribution in [3.05, 3.63) is 11.1 Å². The number of aliphatic hydroxyl groups excluding tert-OH is 1. The highest BCUT2D eigenvalue weighted by molar-refractivity contribution is 5.99. The van der Waals surface area contributed by atoms with Gasteiger partial charge in [-0.1, -0.05) is 39.5 Å². The van der Waals surface area contributed by atoms with Gasteiger partial charge in [0.25, 0.3) is 0 Å². The minimum absolute atomic E-state index is 0.195. The van der Waals surface area contributed by atoms with E-state index in [-0.39, 0.29) is 5.78 Å². The minimum Gasteiger partial charge on any atom is -0.388 e. The van der Waals surface area contributed by atoms with Crippen LogP contribution in [-0.4, -0.2) is 17.0 Å². The van der Waals surface area contributed by atoms with Crippen LogP contribution in [0.5, 0.6) is 0 Å². The molecule has 0 aromatic carbocycles. The summed E-state index contributed by atoms with van der Waals surface area (Å²) in [6, 6.07) is 0. The van der Waals surface area contributed by atoms with Crippen LogP contribution in [0.4, 0.5) is 0 Å². The largest absolute Gasteiger partial charge is 0.388 e. The molecule has 1 unspecified atom stereocenters. The molecule has 17 heavy (non-hydrogen) atoms. The number of hydrogen-bond donors (Lipinski definition) is 1. The quantitative estimate of drug-likeness (QED) is 0.653. The van der Waals surface area contributed by atoms with Gasteiger partial charge >= 0.3 is 0 Å². The van der Waals surface area contributed by atoms with E-state index >= 15 is 0 Å². The molecule has 0 bridgehead atoms. The maximum atomic E-state index is 11.8. The van der Waals surface area contributed by atoms with Gasteiger partial charge in [-0.05, 0) is 36.8 Å². The fraction of sp³-hybridized carbons (Fsp3) is 0.800. The molecule has 0 heterocycles. The summed E-state index contributed by atoms with van der Waals surface area (Å²) in [5.74, 6) is 0.195. The summed E-state index contributed by atoms with van der Waals surface area (Å²) < 4.78 is 0. The second kappa shape index (κ2) is 7.65. The van der Waals surface area contributed by atoms with E-state index in [4.69, 9.17) is 0 Å². The molecule has 0 saturated heterocycles. The highest BCUT2D eigenvalue weighted by Crippen LogP contribution is 2.31. The number of rotatable bonds is 8. The molecular weight excluding hydrogens is 212 g/mol. The number of unbranched alkanes of at least 4 members (excludes halogenated alkanes) is 4. The van der Waals surface area contributed by atoms with Gasteiger partial charge in [-0.2, -0.15) is 0 Å². The lowest BCUT2D eigenvalue weighted by Gasteiger charge is -2.09. The Labute approximate surface area is 105 Å². The first-order valence-electron chi connectivity index (χ1n) is 7.13. The van der Waals surface area contributed by atoms with Crippen LogP contribution in [0.15, 0.2) is 11.1 Å². The van der Waals surface area contributed by atoms with E-state index in [0.717, 1.165) is 36.8 Å². The summed E-state index contributed by atoms with van der Waals surface area (Å²) in [6.45, 7) is 4.34. The highest BCUT2D eigenvalue weighted by atomic mass is 16.3. The lowest BCUT2D eigenvalue weighted by atomic mass is 9.98. The molecular formula is C15H26O2. The van der Waals surface area contributed by atoms with Crippen LogP contribution in [0.3, 0.4) is 0 Å². The van der Waals surface area contributed by atoms with E-state index in [0.29, 0.717) is 6.42 Å². The summed E-state index contributed by atoms with van der Waals surface area (Å²) >= 11 is 0. The van der Waals surface area contributed by atoms with Crippen molar-refractivity contribution < 1.29 is 9.90 Å². The predicted molar refractivity (Wildman–Crippen MR) is 70.9 cm³/mol. The van der Waals surface area contributed by atoms with Crippen LogP contribution in [0.2, 0.25) is 0 Å². The molecule has 1 N–H and O–H groups in total. The molecule has 0 fully saturated rings. The first-order chi connectivity index (χ1) is 8.20. The number of ketones is 1. The molecule has 0 aromatic rings. The predicted octanol–water partition coefficient (Wildman–Crippen LogP) is 3.78. The van der Waals surface area contributed by atoms with Crippen molar-refractivity contribution in [3.63, 3.8) is 0 Å². The fourth-order valence-corrected chi connectivity index (χ4v) is 2.54. The molecule has 1 aliphatic rings. The van der Waals surface area contributed by atoms with Crippen molar-refractivity contribution in [2.45, 2.75) is 77.7 Å². The smallest absolute Gasteiger partial charge is 0.161 e. The average molecular weight is 238 g/mol. The molecule has 2 nitrogen and oxygen atoms in total. The van der Waals surface area contributed by atoms with Crippen molar-refractivity contribution in [2.75, 3.05) is 0 Å². The molecule has 0 aliphatic heterocycles. The van der Waals surface area contributed by atoms with Gasteiger partial charge in [0.15, 0.2) is 5.78 Å². The topological polar surface area (TPSA) is 37.3 Å². The number of carbonyl (C=O) groups is 1. The van der Waals surface area contributed by atoms with E-state index in [2.05, 4.69) is 13.8 Å². The van der Waals surface area contributed by atoms with Crippen LogP contribution in [-0.2, 0) is 4.79 Å². The Morgan fingerprint density at radius 2 is 1.65 bits per heavy atom. The van der Waals surface area contributed by atoms with Gasteiger partial charge in [-0.15, -0.1) is 0 Å². The minimum atomic E-state index is -0.476. The van der Waals surface area contributed by atoms with E-state index < -0.39 is 6.10 Å². The number of carbonyl (C=O) groups excluding carboxylic acids is 1. The molecule has 0 spiro atoms. The lowest BCUT2D eigenvalue weighted by Crippen LogP contribution is -2.06. The zero-order valence-corrected chi connectivity index (χ0v) is 11.3. The van der Waals surface area contributed by atoms with E-state index in [9.17, 15) is 9.90 Å². The normalized spacial score (nSPS) is 20.4. The Hall–Kier alpha value is -0.630. The van der Waals surface area contributed by atoms with Crippen LogP contribution < -0.4 is 0 Å². The zero-order valence-electron chi connectivity index (χ0n) is 11.3. The summed E-state index contributed by atoms with van der Waals surface area (Å²) in [4.78, 5) is 11.8. The summed E-state index contributed by atoms with van der Waals surface area (Å²) in [7, 11) is 0. The maximum absolute atomic E-state index is 11.8. The molecule has 0 radical (unpaired) electrons. The third-order valence-corrected chi connectivity index (χ3v) is 3.59. The molecule has 0 saturated carbocycles.